The predicted molar refractivity (Wildman–Crippen MR) is 122 cm³/mol. The van der Waals surface area contributed by atoms with Gasteiger partial charge < -0.3 is 4.90 Å². The number of aryl methyl sites for hydroxylation is 2. The second-order valence-electron chi connectivity index (χ2n) is 8.55. The topological polar surface area (TPSA) is 45.1 Å². The molecule has 33 heavy (non-hydrogen) atoms. The zero-order chi connectivity index (χ0) is 24.2. The van der Waals surface area contributed by atoms with Crippen LogP contribution >= 0.6 is 0 Å². The zero-order valence-corrected chi connectivity index (χ0v) is 19.4. The second-order valence-corrected chi connectivity index (χ2v) is 8.55. The van der Waals surface area contributed by atoms with E-state index in [2.05, 4.69) is 4.99 Å². The second kappa shape index (κ2) is 10.4. The molecule has 0 heterocycles. The molecular weight excluding hydrogens is 431 g/mol. The van der Waals surface area contributed by atoms with E-state index in [1.165, 1.54) is 11.1 Å². The van der Waals surface area contributed by atoms with E-state index in [0.29, 0.717) is 23.7 Å². The van der Waals surface area contributed by atoms with Crippen molar-refractivity contribution >= 4 is 17.9 Å². The van der Waals surface area contributed by atoms with Crippen LogP contribution in [0.3, 0.4) is 0 Å². The molecule has 0 atom stereocenters. The maximum Gasteiger partial charge on any atom is 0.416 e. The van der Waals surface area contributed by atoms with Crippen molar-refractivity contribution in [2.24, 2.45) is 10.9 Å². The summed E-state index contributed by atoms with van der Waals surface area (Å²) in [7, 11) is 1.92. The largest absolute Gasteiger partial charge is 0.416 e. The van der Waals surface area contributed by atoms with Gasteiger partial charge in [-0.2, -0.15) is 13.2 Å². The molecule has 1 aliphatic carbocycles. The molecule has 2 aromatic carbocycles. The predicted octanol–water partition coefficient (Wildman–Crippen LogP) is 5.92. The van der Waals surface area contributed by atoms with Gasteiger partial charge in [0.15, 0.2) is 0 Å². The molecule has 0 saturated heterocycles. The number of carbonyl (C=O) groups is 1. The van der Waals surface area contributed by atoms with Crippen molar-refractivity contribution in [1.82, 2.24) is 9.96 Å². The van der Waals surface area contributed by atoms with Crippen LogP contribution in [-0.2, 0) is 17.6 Å². The van der Waals surface area contributed by atoms with Crippen molar-refractivity contribution in [3.63, 3.8) is 0 Å². The fourth-order valence-corrected chi connectivity index (χ4v) is 3.22. The van der Waals surface area contributed by atoms with E-state index in [-0.39, 0.29) is 12.5 Å². The first-order valence-electron chi connectivity index (χ1n) is 11.0. The van der Waals surface area contributed by atoms with Gasteiger partial charge >= 0.3 is 6.18 Å². The van der Waals surface area contributed by atoms with Crippen LogP contribution in [0.2, 0.25) is 0 Å². The van der Waals surface area contributed by atoms with Crippen molar-refractivity contribution in [1.29, 1.82) is 0 Å². The van der Waals surface area contributed by atoms with Gasteiger partial charge in [-0.3, -0.25) is 9.63 Å². The van der Waals surface area contributed by atoms with Crippen molar-refractivity contribution in [2.45, 2.75) is 46.3 Å². The highest BCUT2D eigenvalue weighted by Gasteiger charge is 2.31. The fourth-order valence-electron chi connectivity index (χ4n) is 3.22. The summed E-state index contributed by atoms with van der Waals surface area (Å²) in [4.78, 5) is 25.6. The van der Waals surface area contributed by atoms with Gasteiger partial charge in [-0.15, -0.1) is 0 Å². The molecule has 2 aromatic rings. The summed E-state index contributed by atoms with van der Waals surface area (Å²) < 4.78 is 39.4. The number of aliphatic imine (C=N–C) groups is 1. The number of amides is 1. The summed E-state index contributed by atoms with van der Waals surface area (Å²) in [6, 6.07) is 8.58. The average molecular weight is 462 g/mol. The monoisotopic (exact) mass is 461 g/mol. The van der Waals surface area contributed by atoms with Crippen molar-refractivity contribution < 1.29 is 22.8 Å². The number of hydrogen-bond donors (Lipinski definition) is 0. The number of rotatable bonds is 9. The highest BCUT2D eigenvalue weighted by molar-refractivity contribution is 5.95. The number of hydrogen-bond acceptors (Lipinski definition) is 3. The number of nitrogens with zero attached hydrogens (tertiary/aromatic N) is 3. The quantitative estimate of drug-likeness (QED) is 0.265. The molecule has 1 aliphatic rings. The molecule has 0 spiro atoms. The van der Waals surface area contributed by atoms with E-state index in [0.717, 1.165) is 48.3 Å². The Morgan fingerprint density at radius 2 is 1.91 bits per heavy atom. The Hall–Kier alpha value is -2.87. The van der Waals surface area contributed by atoms with Crippen molar-refractivity contribution in [3.05, 3.63) is 64.2 Å². The minimum absolute atomic E-state index is 0.0742. The van der Waals surface area contributed by atoms with Crippen LogP contribution in [0, 0.1) is 19.8 Å². The number of benzene rings is 2. The normalized spacial score (nSPS) is 14.0. The Bertz CT molecular complexity index is 1020. The highest BCUT2D eigenvalue weighted by atomic mass is 19.4. The Morgan fingerprint density at radius 3 is 2.55 bits per heavy atom. The molecule has 1 amide bonds. The molecule has 0 N–H and O–H groups in total. The van der Waals surface area contributed by atoms with Crippen LogP contribution in [0.25, 0.3) is 0 Å². The molecule has 1 saturated carbocycles. The molecule has 3 rings (SSSR count). The van der Waals surface area contributed by atoms with Crippen LogP contribution < -0.4 is 0 Å². The first-order chi connectivity index (χ1) is 15.6. The highest BCUT2D eigenvalue weighted by Crippen LogP contribution is 2.32. The maximum atomic E-state index is 13.4. The van der Waals surface area contributed by atoms with E-state index in [1.54, 1.807) is 18.5 Å². The van der Waals surface area contributed by atoms with Gasteiger partial charge in [0.05, 0.1) is 30.7 Å². The lowest BCUT2D eigenvalue weighted by atomic mass is 10.0. The SMILES string of the molecule is CCN(C)C=Nc1cc(C)c(C(=O)N(Cc2cccc(C(F)(F)F)c2)OCC2CC2)cc1C. The van der Waals surface area contributed by atoms with Gasteiger partial charge in [-0.25, -0.2) is 10.1 Å². The summed E-state index contributed by atoms with van der Waals surface area (Å²) in [5.41, 5.74) is 2.35. The maximum absolute atomic E-state index is 13.4. The summed E-state index contributed by atoms with van der Waals surface area (Å²) in [5.74, 6) is 0.00628. The van der Waals surface area contributed by atoms with Gasteiger partial charge in [-0.1, -0.05) is 12.1 Å². The molecule has 0 radical (unpaired) electrons. The van der Waals surface area contributed by atoms with Crippen LogP contribution in [0.5, 0.6) is 0 Å². The van der Waals surface area contributed by atoms with E-state index in [4.69, 9.17) is 4.84 Å². The molecule has 0 aromatic heterocycles. The number of carbonyl (C=O) groups excluding carboxylic acids is 1. The average Bonchev–Trinajstić information content (AvgIpc) is 3.60. The van der Waals surface area contributed by atoms with Crippen LogP contribution in [0.1, 0.15) is 52.4 Å². The Balaban J connectivity index is 1.86. The summed E-state index contributed by atoms with van der Waals surface area (Å²) >= 11 is 0. The summed E-state index contributed by atoms with van der Waals surface area (Å²) in [6.07, 6.45) is -0.650. The number of hydroxylamine groups is 2. The van der Waals surface area contributed by atoms with Gasteiger partial charge in [0, 0.05) is 19.2 Å². The van der Waals surface area contributed by atoms with Crippen LogP contribution in [0.15, 0.2) is 41.4 Å². The number of halogens is 3. The zero-order valence-electron chi connectivity index (χ0n) is 19.4. The lowest BCUT2D eigenvalue weighted by Gasteiger charge is -2.24. The molecule has 178 valence electrons. The minimum atomic E-state index is -4.45. The Morgan fingerprint density at radius 1 is 1.18 bits per heavy atom. The Labute approximate surface area is 192 Å². The standard InChI is InChI=1S/C25H30F3N3O2/c1-5-30(4)16-29-23-12-17(2)22(11-18(23)3)24(32)31(33-15-19-9-10-19)14-20-7-6-8-21(13-20)25(26,27)28/h6-8,11-13,16,19H,5,9-10,14-15H2,1-4H3. The van der Waals surface area contributed by atoms with Crippen molar-refractivity contribution in [2.75, 3.05) is 20.2 Å². The van der Waals surface area contributed by atoms with Crippen LogP contribution in [0.4, 0.5) is 18.9 Å². The smallest absolute Gasteiger partial charge is 0.366 e. The molecule has 0 unspecified atom stereocenters. The van der Waals surface area contributed by atoms with E-state index >= 15 is 0 Å². The van der Waals surface area contributed by atoms with Gasteiger partial charge in [0.25, 0.3) is 5.91 Å². The fraction of sp³-hybridized carbons (Fsp3) is 0.440. The number of alkyl halides is 3. The van der Waals surface area contributed by atoms with E-state index in [1.807, 2.05) is 38.8 Å². The third-order valence-electron chi connectivity index (χ3n) is 5.64. The minimum Gasteiger partial charge on any atom is -0.366 e. The van der Waals surface area contributed by atoms with Gasteiger partial charge in [-0.05, 0) is 80.5 Å². The lowest BCUT2D eigenvalue weighted by Crippen LogP contribution is -2.32. The molecule has 1 fully saturated rings. The molecule has 8 heteroatoms. The van der Waals surface area contributed by atoms with Crippen LogP contribution in [-0.4, -0.2) is 42.4 Å². The Kier molecular flexibility index (Phi) is 7.79. The molecule has 5 nitrogen and oxygen atoms in total. The lowest BCUT2D eigenvalue weighted by molar-refractivity contribution is -0.138. The third-order valence-corrected chi connectivity index (χ3v) is 5.64. The first kappa shape index (κ1) is 24.8. The summed E-state index contributed by atoms with van der Waals surface area (Å²) in [6.45, 7) is 6.83. The first-order valence-corrected chi connectivity index (χ1v) is 11.0. The molecular formula is C25H30F3N3O2. The third kappa shape index (κ3) is 6.81. The molecule has 0 aliphatic heterocycles. The summed E-state index contributed by atoms with van der Waals surface area (Å²) in [5, 5.41) is 1.18. The van der Waals surface area contributed by atoms with Crippen molar-refractivity contribution in [3.8, 4) is 0 Å². The molecule has 0 bridgehead atoms. The van der Waals surface area contributed by atoms with Gasteiger partial charge in [0.2, 0.25) is 0 Å². The van der Waals surface area contributed by atoms with E-state index < -0.39 is 11.7 Å². The van der Waals surface area contributed by atoms with E-state index in [9.17, 15) is 18.0 Å². The van der Waals surface area contributed by atoms with Gasteiger partial charge in [0.1, 0.15) is 0 Å².